The lowest BCUT2D eigenvalue weighted by molar-refractivity contribution is 0.120. The van der Waals surface area contributed by atoms with Gasteiger partial charge in [-0.3, -0.25) is 0 Å². The Morgan fingerprint density at radius 1 is 1.50 bits per heavy atom. The molecule has 80 valence electrons. The van der Waals surface area contributed by atoms with Gasteiger partial charge in [0.2, 0.25) is 5.00 Å². The Kier molecular flexibility index (Phi) is 3.26. The van der Waals surface area contributed by atoms with Crippen molar-refractivity contribution in [1.29, 1.82) is 0 Å². The average Bonchev–Trinajstić information content (AvgIpc) is 2.16. The quantitative estimate of drug-likeness (QED) is 0.733. The first-order chi connectivity index (χ1) is 6.47. The van der Waals surface area contributed by atoms with Crippen LogP contribution in [0.1, 0.15) is 0 Å². The molecule has 0 aromatic heterocycles. The maximum atomic E-state index is 13.7. The Balaban J connectivity index is 3.19. The Morgan fingerprint density at radius 2 is 2.07 bits per heavy atom. The highest BCUT2D eigenvalue weighted by atomic mass is 32.2. The fourth-order valence-electron chi connectivity index (χ4n) is 1.21. The molecule has 0 spiro atoms. The average molecular weight is 228 g/mol. The van der Waals surface area contributed by atoms with Crippen LogP contribution in [-0.4, -0.2) is 23.0 Å². The molecular weight excluding hydrogens is 220 g/mol. The Bertz CT molecular complexity index is 302. The first kappa shape index (κ1) is 11.6. The van der Waals surface area contributed by atoms with Gasteiger partial charge in [-0.1, -0.05) is 0 Å². The molecule has 0 saturated carbocycles. The monoisotopic (exact) mass is 228 g/mol. The molecule has 0 fully saturated rings. The first-order valence-electron chi connectivity index (χ1n) is 3.75. The number of rotatable bonds is 2. The van der Waals surface area contributed by atoms with Crippen LogP contribution < -0.4 is 0 Å². The summed E-state index contributed by atoms with van der Waals surface area (Å²) in [5, 5.41) is 5.96. The van der Waals surface area contributed by atoms with Crippen LogP contribution in [0.3, 0.4) is 0 Å². The molecule has 0 aromatic rings. The molecule has 0 aromatic carbocycles. The fourth-order valence-corrected chi connectivity index (χ4v) is 1.93. The van der Waals surface area contributed by atoms with Crippen LogP contribution in [0.5, 0.6) is 0 Å². The zero-order valence-corrected chi connectivity index (χ0v) is 8.05. The van der Waals surface area contributed by atoms with E-state index in [1.54, 1.807) is 0 Å². The summed E-state index contributed by atoms with van der Waals surface area (Å²) in [6.07, 6.45) is 1.38. The molecule has 2 atom stereocenters. The fraction of sp³-hybridized carbons (Fsp3) is 0.500. The molecular formula is C8H8F4OS. The molecule has 1 nitrogen and oxygen atoms in total. The summed E-state index contributed by atoms with van der Waals surface area (Å²) < 4.78 is 52.3. The highest BCUT2D eigenvalue weighted by Gasteiger charge is 2.49. The molecule has 6 heteroatoms. The number of hydrogen-bond donors (Lipinski definition) is 1. The summed E-state index contributed by atoms with van der Waals surface area (Å²) in [7, 11) is 0. The molecule has 0 heterocycles. The van der Waals surface area contributed by atoms with Gasteiger partial charge >= 0.3 is 0 Å². The van der Waals surface area contributed by atoms with E-state index in [-0.39, 0.29) is 6.08 Å². The van der Waals surface area contributed by atoms with Crippen LogP contribution in [0.2, 0.25) is 0 Å². The van der Waals surface area contributed by atoms with E-state index < -0.39 is 35.0 Å². The summed E-state index contributed by atoms with van der Waals surface area (Å²) >= 11 is 0.384. The zero-order valence-electron chi connectivity index (χ0n) is 7.23. The van der Waals surface area contributed by atoms with E-state index in [0.717, 1.165) is 0 Å². The lowest BCUT2D eigenvalue weighted by Gasteiger charge is -2.31. The van der Waals surface area contributed by atoms with E-state index in [2.05, 4.69) is 0 Å². The third kappa shape index (κ3) is 1.56. The van der Waals surface area contributed by atoms with Gasteiger partial charge in [-0.05, 0) is 6.26 Å². The Labute approximate surface area is 82.5 Å². The van der Waals surface area contributed by atoms with Gasteiger partial charge in [0.25, 0.3) is 0 Å². The minimum absolute atomic E-state index is 0.165. The minimum Gasteiger partial charge on any atom is -0.395 e. The van der Waals surface area contributed by atoms with Crippen LogP contribution in [0, 0.1) is 5.92 Å². The maximum absolute atomic E-state index is 13.7. The van der Waals surface area contributed by atoms with Gasteiger partial charge in [0.1, 0.15) is 5.83 Å². The predicted octanol–water partition coefficient (Wildman–Crippen LogP) is 2.64. The molecule has 1 rings (SSSR count). The molecule has 1 N–H and O–H groups in total. The van der Waals surface area contributed by atoms with Gasteiger partial charge in [-0.15, -0.1) is 11.8 Å². The Morgan fingerprint density at radius 3 is 2.50 bits per heavy atom. The lowest BCUT2D eigenvalue weighted by Crippen LogP contribution is -2.36. The van der Waals surface area contributed by atoms with Crippen molar-refractivity contribution in [1.82, 2.24) is 0 Å². The third-order valence-corrected chi connectivity index (χ3v) is 3.11. The second-order valence-electron chi connectivity index (χ2n) is 2.77. The van der Waals surface area contributed by atoms with Gasteiger partial charge in [0.15, 0.2) is 11.7 Å². The van der Waals surface area contributed by atoms with Crippen molar-refractivity contribution in [3.05, 3.63) is 23.6 Å². The van der Waals surface area contributed by atoms with Crippen molar-refractivity contribution in [3.63, 3.8) is 0 Å². The maximum Gasteiger partial charge on any atom is 0.218 e. The molecule has 0 bridgehead atoms. The second kappa shape index (κ2) is 3.94. The van der Waals surface area contributed by atoms with Crippen LogP contribution >= 0.6 is 11.8 Å². The summed E-state index contributed by atoms with van der Waals surface area (Å²) in [6.45, 7) is -0.988. The SMILES string of the molecule is CSC1(F)C(F)=CC(F)=C(F)C1CO. The molecule has 0 saturated heterocycles. The molecule has 1 aliphatic carbocycles. The third-order valence-electron chi connectivity index (χ3n) is 2.04. The number of halogens is 4. The smallest absolute Gasteiger partial charge is 0.218 e. The molecule has 0 amide bonds. The first-order valence-corrected chi connectivity index (χ1v) is 4.97. The van der Waals surface area contributed by atoms with Crippen LogP contribution in [0.15, 0.2) is 23.6 Å². The highest BCUT2D eigenvalue weighted by molar-refractivity contribution is 8.00. The molecule has 0 radical (unpaired) electrons. The van der Waals surface area contributed by atoms with Gasteiger partial charge in [0.05, 0.1) is 12.5 Å². The van der Waals surface area contributed by atoms with Crippen LogP contribution in [0.4, 0.5) is 17.6 Å². The number of thioether (sulfide) groups is 1. The molecule has 14 heavy (non-hydrogen) atoms. The van der Waals surface area contributed by atoms with Gasteiger partial charge < -0.3 is 5.11 Å². The van der Waals surface area contributed by atoms with Crippen molar-refractivity contribution >= 4 is 11.8 Å². The van der Waals surface area contributed by atoms with Crippen LogP contribution in [-0.2, 0) is 0 Å². The van der Waals surface area contributed by atoms with Gasteiger partial charge in [0, 0.05) is 6.08 Å². The van der Waals surface area contributed by atoms with Crippen LogP contribution in [0.25, 0.3) is 0 Å². The normalized spacial score (nSPS) is 33.3. The molecule has 1 aliphatic rings. The summed E-state index contributed by atoms with van der Waals surface area (Å²) in [4.78, 5) is 0. The number of hydrogen-bond acceptors (Lipinski definition) is 2. The summed E-state index contributed by atoms with van der Waals surface area (Å²) in [5.74, 6) is -6.15. The summed E-state index contributed by atoms with van der Waals surface area (Å²) in [5.41, 5.74) is 0. The van der Waals surface area contributed by atoms with E-state index in [1.165, 1.54) is 6.26 Å². The second-order valence-corrected chi connectivity index (χ2v) is 3.77. The largest absolute Gasteiger partial charge is 0.395 e. The summed E-state index contributed by atoms with van der Waals surface area (Å²) in [6, 6.07) is 0. The van der Waals surface area contributed by atoms with E-state index in [0.29, 0.717) is 11.8 Å². The number of aliphatic hydroxyl groups is 1. The molecule has 0 aliphatic heterocycles. The number of allylic oxidation sites excluding steroid dienone is 2. The van der Waals surface area contributed by atoms with Crippen molar-refractivity contribution in [2.45, 2.75) is 5.00 Å². The standard InChI is InChI=1S/C8H8F4OS/c1-14-8(12)4(3-13)7(11)5(9)2-6(8)10/h2,4,13H,3H2,1H3. The van der Waals surface area contributed by atoms with Gasteiger partial charge in [-0.25, -0.2) is 17.6 Å². The van der Waals surface area contributed by atoms with E-state index in [4.69, 9.17) is 5.11 Å². The molecule has 2 unspecified atom stereocenters. The van der Waals surface area contributed by atoms with Crippen molar-refractivity contribution < 1.29 is 22.7 Å². The van der Waals surface area contributed by atoms with Crippen molar-refractivity contribution in [2.75, 3.05) is 12.9 Å². The van der Waals surface area contributed by atoms with E-state index in [9.17, 15) is 17.6 Å². The topological polar surface area (TPSA) is 20.2 Å². The van der Waals surface area contributed by atoms with Crippen molar-refractivity contribution in [3.8, 4) is 0 Å². The van der Waals surface area contributed by atoms with Gasteiger partial charge in [-0.2, -0.15) is 0 Å². The van der Waals surface area contributed by atoms with E-state index >= 15 is 0 Å². The zero-order chi connectivity index (χ0) is 10.9. The Hall–Kier alpha value is -0.490. The highest BCUT2D eigenvalue weighted by Crippen LogP contribution is 2.48. The predicted molar refractivity (Wildman–Crippen MR) is 46.4 cm³/mol. The van der Waals surface area contributed by atoms with Crippen molar-refractivity contribution in [2.24, 2.45) is 5.92 Å². The minimum atomic E-state index is -2.71. The van der Waals surface area contributed by atoms with E-state index in [1.807, 2.05) is 0 Å². The number of alkyl halides is 1. The number of aliphatic hydroxyl groups excluding tert-OH is 1. The lowest BCUT2D eigenvalue weighted by atomic mass is 9.96.